The van der Waals surface area contributed by atoms with Gasteiger partial charge in [0.2, 0.25) is 5.91 Å². The lowest BCUT2D eigenvalue weighted by molar-refractivity contribution is -0.142. The molecule has 0 radical (unpaired) electrons. The predicted molar refractivity (Wildman–Crippen MR) is 67.8 cm³/mol. The Morgan fingerprint density at radius 3 is 2.00 bits per heavy atom. The van der Waals surface area contributed by atoms with E-state index >= 15 is 0 Å². The van der Waals surface area contributed by atoms with Gasteiger partial charge in [-0.2, -0.15) is 13.2 Å². The highest BCUT2D eigenvalue weighted by Gasteiger charge is 2.33. The molecule has 1 atom stereocenters. The van der Waals surface area contributed by atoms with Crippen molar-refractivity contribution in [1.29, 1.82) is 0 Å². The fraction of sp³-hybridized carbons (Fsp3) is 0.500. The first-order valence-corrected chi connectivity index (χ1v) is 6.12. The highest BCUT2D eigenvalue weighted by atomic mass is 19.4. The number of benzene rings is 1. The Morgan fingerprint density at radius 2 is 1.63 bits per heavy atom. The van der Waals surface area contributed by atoms with Crippen LogP contribution in [0.5, 0.6) is 0 Å². The second-order valence-corrected chi connectivity index (χ2v) is 4.89. The van der Waals surface area contributed by atoms with E-state index in [0.29, 0.717) is 11.5 Å². The third-order valence-electron chi connectivity index (χ3n) is 2.82. The summed E-state index contributed by atoms with van der Waals surface area (Å²) < 4.78 is 37.5. The lowest BCUT2D eigenvalue weighted by Crippen LogP contribution is -2.30. The molecule has 5 heteroatoms. The predicted octanol–water partition coefficient (Wildman–Crippen LogP) is 3.94. The summed E-state index contributed by atoms with van der Waals surface area (Å²) in [6, 6.07) is 5.85. The Morgan fingerprint density at radius 1 is 1.16 bits per heavy atom. The largest absolute Gasteiger partial charge is 0.391 e. The van der Waals surface area contributed by atoms with Crippen molar-refractivity contribution in [3.05, 3.63) is 35.4 Å². The topological polar surface area (TPSA) is 29.1 Å². The molecule has 1 unspecified atom stereocenters. The fourth-order valence-corrected chi connectivity index (χ4v) is 1.84. The van der Waals surface area contributed by atoms with Gasteiger partial charge < -0.3 is 5.32 Å². The monoisotopic (exact) mass is 273 g/mol. The highest BCUT2D eigenvalue weighted by molar-refractivity contribution is 5.73. The molecule has 0 aliphatic carbocycles. The van der Waals surface area contributed by atoms with E-state index in [4.69, 9.17) is 0 Å². The summed E-state index contributed by atoms with van der Waals surface area (Å²) in [6.45, 7) is 5.23. The van der Waals surface area contributed by atoms with Crippen LogP contribution in [0.2, 0.25) is 0 Å². The number of hydrogen-bond acceptors (Lipinski definition) is 1. The van der Waals surface area contributed by atoms with Gasteiger partial charge >= 0.3 is 6.18 Å². The van der Waals surface area contributed by atoms with E-state index in [1.54, 1.807) is 24.3 Å². The first kappa shape index (κ1) is 15.5. The fourth-order valence-electron chi connectivity index (χ4n) is 1.84. The van der Waals surface area contributed by atoms with Crippen molar-refractivity contribution in [1.82, 2.24) is 5.32 Å². The van der Waals surface area contributed by atoms with E-state index in [1.165, 1.54) is 6.92 Å². The standard InChI is InChI=1S/C14H18F3NO/c1-9(2)11-4-6-12(7-5-11)13(18-10(3)19)8-14(15,16)17/h4-7,9,13H,8H2,1-3H3,(H,18,19). The molecular formula is C14H18F3NO. The zero-order valence-electron chi connectivity index (χ0n) is 11.2. The molecule has 19 heavy (non-hydrogen) atoms. The molecule has 0 saturated heterocycles. The van der Waals surface area contributed by atoms with Gasteiger partial charge in [-0.25, -0.2) is 0 Å². The summed E-state index contributed by atoms with van der Waals surface area (Å²) in [5.41, 5.74) is 1.52. The van der Waals surface area contributed by atoms with Crippen molar-refractivity contribution < 1.29 is 18.0 Å². The first-order chi connectivity index (χ1) is 8.69. The second kappa shape index (κ2) is 6.08. The van der Waals surface area contributed by atoms with Crippen molar-refractivity contribution in [2.45, 2.75) is 45.3 Å². The zero-order valence-corrected chi connectivity index (χ0v) is 11.2. The molecule has 1 amide bonds. The quantitative estimate of drug-likeness (QED) is 0.884. The second-order valence-electron chi connectivity index (χ2n) is 4.89. The Kier molecular flexibility index (Phi) is 4.97. The average molecular weight is 273 g/mol. The highest BCUT2D eigenvalue weighted by Crippen LogP contribution is 2.30. The first-order valence-electron chi connectivity index (χ1n) is 6.12. The van der Waals surface area contributed by atoms with Crippen LogP contribution in [0.3, 0.4) is 0 Å². The minimum absolute atomic E-state index is 0.316. The molecule has 1 N–H and O–H groups in total. The van der Waals surface area contributed by atoms with Crippen molar-refractivity contribution in [3.8, 4) is 0 Å². The number of hydrogen-bond donors (Lipinski definition) is 1. The van der Waals surface area contributed by atoms with Crippen LogP contribution in [0.15, 0.2) is 24.3 Å². The minimum atomic E-state index is -4.32. The summed E-state index contributed by atoms with van der Waals surface area (Å²) >= 11 is 0. The van der Waals surface area contributed by atoms with E-state index in [-0.39, 0.29) is 0 Å². The summed E-state index contributed by atoms with van der Waals surface area (Å²) in [5, 5.41) is 2.34. The van der Waals surface area contributed by atoms with Gasteiger partial charge in [0, 0.05) is 6.92 Å². The number of amides is 1. The van der Waals surface area contributed by atoms with Crippen LogP contribution in [-0.2, 0) is 4.79 Å². The molecule has 1 aromatic carbocycles. The van der Waals surface area contributed by atoms with Gasteiger partial charge in [-0.3, -0.25) is 4.79 Å². The average Bonchev–Trinajstić information content (AvgIpc) is 2.25. The molecule has 0 spiro atoms. The van der Waals surface area contributed by atoms with Crippen LogP contribution >= 0.6 is 0 Å². The zero-order chi connectivity index (χ0) is 14.6. The molecular weight excluding hydrogens is 255 g/mol. The molecule has 0 saturated carbocycles. The van der Waals surface area contributed by atoms with Crippen molar-refractivity contribution in [2.75, 3.05) is 0 Å². The third-order valence-corrected chi connectivity index (χ3v) is 2.82. The van der Waals surface area contributed by atoms with Gasteiger partial charge in [0.25, 0.3) is 0 Å². The van der Waals surface area contributed by atoms with Gasteiger partial charge in [-0.05, 0) is 17.0 Å². The van der Waals surface area contributed by atoms with Crippen molar-refractivity contribution in [3.63, 3.8) is 0 Å². The van der Waals surface area contributed by atoms with Gasteiger partial charge in [0.05, 0.1) is 12.5 Å². The van der Waals surface area contributed by atoms with Gasteiger partial charge in [0.15, 0.2) is 0 Å². The Hall–Kier alpha value is -1.52. The van der Waals surface area contributed by atoms with E-state index in [2.05, 4.69) is 5.32 Å². The molecule has 0 aromatic heterocycles. The molecule has 2 nitrogen and oxygen atoms in total. The molecule has 1 aromatic rings. The maximum Gasteiger partial charge on any atom is 0.391 e. The maximum absolute atomic E-state index is 12.5. The van der Waals surface area contributed by atoms with E-state index in [9.17, 15) is 18.0 Å². The number of alkyl halides is 3. The number of halogens is 3. The van der Waals surface area contributed by atoms with Crippen LogP contribution < -0.4 is 5.32 Å². The Balaban J connectivity index is 2.93. The van der Waals surface area contributed by atoms with E-state index < -0.39 is 24.5 Å². The smallest absolute Gasteiger partial charge is 0.349 e. The minimum Gasteiger partial charge on any atom is -0.349 e. The van der Waals surface area contributed by atoms with Crippen LogP contribution in [0.25, 0.3) is 0 Å². The molecule has 106 valence electrons. The normalized spacial score (nSPS) is 13.4. The molecule has 0 aliphatic rings. The number of carbonyl (C=O) groups is 1. The summed E-state index contributed by atoms with van der Waals surface area (Å²) in [4.78, 5) is 11.0. The van der Waals surface area contributed by atoms with E-state index in [0.717, 1.165) is 5.56 Å². The van der Waals surface area contributed by atoms with Crippen LogP contribution in [0.1, 0.15) is 50.3 Å². The van der Waals surface area contributed by atoms with Crippen molar-refractivity contribution >= 4 is 5.91 Å². The lowest BCUT2D eigenvalue weighted by Gasteiger charge is -2.20. The van der Waals surface area contributed by atoms with Crippen LogP contribution in [-0.4, -0.2) is 12.1 Å². The van der Waals surface area contributed by atoms with Crippen LogP contribution in [0, 0.1) is 0 Å². The maximum atomic E-state index is 12.5. The summed E-state index contributed by atoms with van der Waals surface area (Å²) in [6.07, 6.45) is -5.38. The number of carbonyl (C=O) groups excluding carboxylic acids is 1. The number of rotatable bonds is 4. The SMILES string of the molecule is CC(=O)NC(CC(F)(F)F)c1ccc(C(C)C)cc1. The summed E-state index contributed by atoms with van der Waals surface area (Å²) in [7, 11) is 0. The van der Waals surface area contributed by atoms with Crippen LogP contribution in [0.4, 0.5) is 13.2 Å². The lowest BCUT2D eigenvalue weighted by atomic mass is 9.97. The molecule has 0 heterocycles. The molecule has 0 bridgehead atoms. The van der Waals surface area contributed by atoms with E-state index in [1.807, 2.05) is 13.8 Å². The summed E-state index contributed by atoms with van der Waals surface area (Å²) in [5.74, 6) is -0.155. The number of nitrogens with one attached hydrogen (secondary N) is 1. The molecule has 0 fully saturated rings. The van der Waals surface area contributed by atoms with Gasteiger partial charge in [-0.15, -0.1) is 0 Å². The van der Waals surface area contributed by atoms with Gasteiger partial charge in [0.1, 0.15) is 0 Å². The van der Waals surface area contributed by atoms with Crippen molar-refractivity contribution in [2.24, 2.45) is 0 Å². The Labute approximate surface area is 111 Å². The molecule has 1 rings (SSSR count). The third kappa shape index (κ3) is 5.32. The van der Waals surface area contributed by atoms with Gasteiger partial charge in [-0.1, -0.05) is 38.1 Å². The molecule has 0 aliphatic heterocycles. The Bertz CT molecular complexity index is 423.